The van der Waals surface area contributed by atoms with Crippen LogP contribution in [0.15, 0.2) is 30.4 Å². The lowest BCUT2D eigenvalue weighted by atomic mass is 9.99. The van der Waals surface area contributed by atoms with Gasteiger partial charge in [-0.15, -0.1) is 0 Å². The molecule has 1 fully saturated rings. The molecule has 222 valence electrons. The van der Waals surface area contributed by atoms with Gasteiger partial charge in [0.15, 0.2) is 12.6 Å². The summed E-state index contributed by atoms with van der Waals surface area (Å²) < 4.78 is 34.5. The second kappa shape index (κ2) is 14.1. The smallest absolute Gasteiger partial charge is 0.342 e. The molecule has 0 bridgehead atoms. The zero-order valence-corrected chi connectivity index (χ0v) is 23.9. The van der Waals surface area contributed by atoms with E-state index in [0.29, 0.717) is 17.7 Å². The lowest BCUT2D eigenvalue weighted by molar-refractivity contribution is -0.152. The van der Waals surface area contributed by atoms with Gasteiger partial charge in [0.1, 0.15) is 48.1 Å². The first-order valence-electron chi connectivity index (χ1n) is 13.3. The van der Waals surface area contributed by atoms with Crippen LogP contribution < -0.4 is 14.8 Å². The molecule has 2 aliphatic rings. The van der Waals surface area contributed by atoms with Crippen molar-refractivity contribution in [2.45, 2.75) is 77.3 Å². The molecule has 0 spiro atoms. The second-order valence-electron chi connectivity index (χ2n) is 10.5. The Bertz CT molecular complexity index is 1080. The highest BCUT2D eigenvalue weighted by atomic mass is 16.8. The number of hydrogen-bond acceptors (Lipinski definition) is 10. The molecular formula is C29H41NO10. The van der Waals surface area contributed by atoms with Crippen molar-refractivity contribution >= 4 is 18.0 Å². The third-order valence-electron chi connectivity index (χ3n) is 6.54. The zero-order chi connectivity index (χ0) is 29.4. The van der Waals surface area contributed by atoms with Gasteiger partial charge in [-0.1, -0.05) is 31.2 Å². The van der Waals surface area contributed by atoms with Crippen molar-refractivity contribution in [3.05, 3.63) is 41.5 Å². The number of benzene rings is 1. The van der Waals surface area contributed by atoms with Crippen LogP contribution >= 0.6 is 0 Å². The maximum atomic E-state index is 13.5. The van der Waals surface area contributed by atoms with Crippen molar-refractivity contribution < 1.29 is 48.2 Å². The molecular weight excluding hydrogens is 522 g/mol. The van der Waals surface area contributed by atoms with Crippen LogP contribution in [0.5, 0.6) is 11.5 Å². The van der Waals surface area contributed by atoms with E-state index in [4.69, 9.17) is 28.4 Å². The van der Waals surface area contributed by atoms with Crippen molar-refractivity contribution in [2.24, 2.45) is 5.92 Å². The van der Waals surface area contributed by atoms with Gasteiger partial charge in [0, 0.05) is 32.6 Å². The highest BCUT2D eigenvalue weighted by molar-refractivity contribution is 5.97. The number of fused-ring (bicyclic) bond motifs is 2. The number of carbonyl (C=O) groups is 2. The van der Waals surface area contributed by atoms with Gasteiger partial charge in [0.2, 0.25) is 5.91 Å². The first-order valence-corrected chi connectivity index (χ1v) is 13.3. The normalized spacial score (nSPS) is 28.7. The molecule has 11 heteroatoms. The van der Waals surface area contributed by atoms with Crippen molar-refractivity contribution in [2.75, 3.05) is 27.1 Å². The van der Waals surface area contributed by atoms with Crippen LogP contribution in [0.4, 0.5) is 0 Å². The first-order chi connectivity index (χ1) is 18.9. The third-order valence-corrected chi connectivity index (χ3v) is 6.54. The summed E-state index contributed by atoms with van der Waals surface area (Å²) in [7, 11) is 1.46. The summed E-state index contributed by atoms with van der Waals surface area (Å²) in [6.45, 7) is 8.38. The van der Waals surface area contributed by atoms with Crippen molar-refractivity contribution in [3.8, 4) is 11.5 Å². The molecule has 40 heavy (non-hydrogen) atoms. The Balaban J connectivity index is 2.00. The Morgan fingerprint density at radius 3 is 2.65 bits per heavy atom. The van der Waals surface area contributed by atoms with Crippen LogP contribution in [0.25, 0.3) is 6.08 Å². The monoisotopic (exact) mass is 563 g/mol. The van der Waals surface area contributed by atoms with Gasteiger partial charge in [0.25, 0.3) is 0 Å². The summed E-state index contributed by atoms with van der Waals surface area (Å²) in [5.74, 6) is -1.46. The fourth-order valence-electron chi connectivity index (χ4n) is 4.35. The van der Waals surface area contributed by atoms with Crippen LogP contribution in [0.1, 0.15) is 57.0 Å². The molecule has 1 amide bonds. The van der Waals surface area contributed by atoms with Crippen LogP contribution in [0.3, 0.4) is 0 Å². The molecule has 2 heterocycles. The quantitative estimate of drug-likeness (QED) is 0.245. The molecule has 3 N–H and O–H groups in total. The van der Waals surface area contributed by atoms with E-state index in [9.17, 15) is 19.8 Å². The minimum absolute atomic E-state index is 0.0247. The molecule has 1 aromatic rings. The summed E-state index contributed by atoms with van der Waals surface area (Å²) in [5, 5.41) is 23.6. The average Bonchev–Trinajstić information content (AvgIpc) is 3.21. The number of cyclic esters (lactones) is 1. The molecule has 11 nitrogen and oxygen atoms in total. The molecule has 3 rings (SSSR count). The van der Waals surface area contributed by atoms with Crippen LogP contribution in [-0.2, 0) is 23.7 Å². The largest absolute Gasteiger partial charge is 0.491 e. The van der Waals surface area contributed by atoms with E-state index >= 15 is 0 Å². The summed E-state index contributed by atoms with van der Waals surface area (Å²) in [6.07, 6.45) is 3.94. The number of ether oxygens (including phenoxy) is 6. The van der Waals surface area contributed by atoms with Crippen LogP contribution in [-0.4, -0.2) is 85.5 Å². The number of carbonyl (C=O) groups excluding carboxylic acids is 2. The van der Waals surface area contributed by atoms with Gasteiger partial charge in [-0.3, -0.25) is 4.79 Å². The Morgan fingerprint density at radius 2 is 1.95 bits per heavy atom. The van der Waals surface area contributed by atoms with Gasteiger partial charge < -0.3 is 44.0 Å². The Kier molecular flexibility index (Phi) is 11.1. The Labute approximate surface area is 235 Å². The maximum Gasteiger partial charge on any atom is 0.342 e. The molecule has 0 aromatic heterocycles. The fraction of sp³-hybridized carbons (Fsp3) is 0.586. The molecule has 6 atom stereocenters. The molecule has 4 unspecified atom stereocenters. The lowest BCUT2D eigenvalue weighted by Crippen LogP contribution is -2.34. The predicted octanol–water partition coefficient (Wildman–Crippen LogP) is 2.58. The van der Waals surface area contributed by atoms with Crippen LogP contribution in [0, 0.1) is 5.92 Å². The summed E-state index contributed by atoms with van der Waals surface area (Å²) in [4.78, 5) is 24.6. The number of aliphatic hydroxyl groups is 2. The van der Waals surface area contributed by atoms with E-state index < -0.39 is 42.3 Å². The number of hydrogen-bond donors (Lipinski definition) is 3. The van der Waals surface area contributed by atoms with E-state index in [1.54, 1.807) is 45.1 Å². The standard InChI is InChI=1S/C29H41NO10/c1-17-10-11-23(33)27-24(39-29(4,5)40-27)9-7-8-20-12-22(36-15-21(32)14-30-19(3)31)13-25(37-16-35-6)26(20)28(34)38-18(17)2/h7-8,10-13,17-18,21,23-24,27,32-33H,9,14-16H2,1-6H3,(H,30,31)/b8-7+,11-10-/t17-,18?,21?,23?,24+,27?/m1/s1. The second-order valence-corrected chi connectivity index (χ2v) is 10.5. The SMILES string of the molecule is COCOc1cc(OCC(O)CNC(C)=O)cc2c1C(=O)OC(C)[C@H](C)/C=C\C(O)C1OC(C)(C)O[C@H]1C/C=C/2. The third kappa shape index (κ3) is 8.77. The number of amides is 1. The molecule has 0 aliphatic carbocycles. The number of methoxy groups -OCH3 is 1. The van der Waals surface area contributed by atoms with E-state index in [0.717, 1.165) is 0 Å². The van der Waals surface area contributed by atoms with Gasteiger partial charge in [-0.05, 0) is 38.8 Å². The Hall–Kier alpha value is -2.96. The first kappa shape index (κ1) is 31.6. The number of nitrogens with one attached hydrogen (secondary N) is 1. The van der Waals surface area contributed by atoms with Crippen LogP contribution in [0.2, 0.25) is 0 Å². The van der Waals surface area contributed by atoms with E-state index in [-0.39, 0.29) is 43.1 Å². The number of aliphatic hydroxyl groups excluding tert-OH is 2. The lowest BCUT2D eigenvalue weighted by Gasteiger charge is -2.23. The van der Waals surface area contributed by atoms with Gasteiger partial charge in [0.05, 0.1) is 6.10 Å². The van der Waals surface area contributed by atoms with Gasteiger partial charge >= 0.3 is 5.97 Å². The topological polar surface area (TPSA) is 142 Å². The number of esters is 1. The summed E-state index contributed by atoms with van der Waals surface area (Å²) in [5.41, 5.74) is 0.632. The molecule has 0 radical (unpaired) electrons. The van der Waals surface area contributed by atoms with Crippen molar-refractivity contribution in [1.29, 1.82) is 0 Å². The molecule has 1 aromatic carbocycles. The van der Waals surface area contributed by atoms with Crippen molar-refractivity contribution in [3.63, 3.8) is 0 Å². The van der Waals surface area contributed by atoms with Gasteiger partial charge in [-0.2, -0.15) is 0 Å². The maximum absolute atomic E-state index is 13.5. The number of rotatable bonds is 8. The highest BCUT2D eigenvalue weighted by Crippen LogP contribution is 2.35. The molecule has 0 saturated carbocycles. The van der Waals surface area contributed by atoms with E-state index in [1.807, 2.05) is 13.0 Å². The van der Waals surface area contributed by atoms with Gasteiger partial charge in [-0.25, -0.2) is 4.79 Å². The Morgan fingerprint density at radius 1 is 1.20 bits per heavy atom. The highest BCUT2D eigenvalue weighted by Gasteiger charge is 2.43. The fourth-order valence-corrected chi connectivity index (χ4v) is 4.35. The van der Waals surface area contributed by atoms with E-state index in [1.165, 1.54) is 20.1 Å². The molecule has 2 aliphatic heterocycles. The zero-order valence-electron chi connectivity index (χ0n) is 23.9. The van der Waals surface area contributed by atoms with Crippen molar-refractivity contribution in [1.82, 2.24) is 5.32 Å². The summed E-state index contributed by atoms with van der Waals surface area (Å²) >= 11 is 0. The minimum atomic E-state index is -0.956. The van der Waals surface area contributed by atoms with E-state index in [2.05, 4.69) is 5.32 Å². The minimum Gasteiger partial charge on any atom is -0.491 e. The summed E-state index contributed by atoms with van der Waals surface area (Å²) in [6, 6.07) is 3.16. The molecule has 1 saturated heterocycles. The predicted molar refractivity (Wildman–Crippen MR) is 146 cm³/mol. The average molecular weight is 564 g/mol.